The molecule has 1 saturated heterocycles. The normalized spacial score (nSPS) is 19.0. The van der Waals surface area contributed by atoms with Gasteiger partial charge in [0, 0.05) is 45.7 Å². The number of hydrogen-bond acceptors (Lipinski definition) is 6. The number of nitrogens with one attached hydrogen (secondary N) is 1. The molecule has 7 nitrogen and oxygen atoms in total. The van der Waals surface area contributed by atoms with Crippen LogP contribution in [0.2, 0.25) is 0 Å². The number of hydrogen-bond donors (Lipinski definition) is 1. The molecule has 1 amide bonds. The van der Waals surface area contributed by atoms with E-state index in [2.05, 4.69) is 33.3 Å². The van der Waals surface area contributed by atoms with Gasteiger partial charge in [-0.2, -0.15) is 0 Å². The minimum Gasteiger partial charge on any atom is -0.493 e. The Labute approximate surface area is 182 Å². The number of benzene rings is 2. The van der Waals surface area contributed by atoms with Gasteiger partial charge in [-0.15, -0.1) is 0 Å². The van der Waals surface area contributed by atoms with E-state index < -0.39 is 0 Å². The highest BCUT2D eigenvalue weighted by Crippen LogP contribution is 2.32. The van der Waals surface area contributed by atoms with E-state index in [-0.39, 0.29) is 18.7 Å². The van der Waals surface area contributed by atoms with E-state index in [0.29, 0.717) is 6.54 Å². The second kappa shape index (κ2) is 8.77. The number of fused-ring (bicyclic) bond motifs is 2. The Kier molecular flexibility index (Phi) is 5.70. The van der Waals surface area contributed by atoms with Crippen molar-refractivity contribution in [2.45, 2.75) is 32.5 Å². The third-order valence-corrected chi connectivity index (χ3v) is 6.40. The van der Waals surface area contributed by atoms with Crippen molar-refractivity contribution in [2.24, 2.45) is 0 Å². The number of nitrogens with zero attached hydrogens (tertiary/aromatic N) is 2. The van der Waals surface area contributed by atoms with E-state index in [4.69, 9.17) is 14.2 Å². The standard InChI is InChI=1S/C24H29N3O4/c1-17(24(28)25-14-18-2-5-22-23(13-18)31-16-30-22)27-9-7-26(8-10-27)15-19-3-4-21-20(12-19)6-11-29-21/h2-5,12-13,17H,6-11,14-16H2,1H3,(H,25,28). The molecule has 1 fully saturated rings. The predicted molar refractivity (Wildman–Crippen MR) is 116 cm³/mol. The first-order chi connectivity index (χ1) is 15.2. The molecule has 0 aliphatic carbocycles. The number of ether oxygens (including phenoxy) is 3. The van der Waals surface area contributed by atoms with Crippen LogP contribution in [0.15, 0.2) is 36.4 Å². The van der Waals surface area contributed by atoms with Gasteiger partial charge in [-0.25, -0.2) is 0 Å². The molecular weight excluding hydrogens is 394 g/mol. The minimum absolute atomic E-state index is 0.0599. The van der Waals surface area contributed by atoms with Gasteiger partial charge in [-0.05, 0) is 41.8 Å². The second-order valence-corrected chi connectivity index (χ2v) is 8.43. The SMILES string of the molecule is CC(C(=O)NCc1ccc2c(c1)OCO2)N1CCN(Cc2ccc3c(c2)CCO3)CC1. The van der Waals surface area contributed by atoms with Gasteiger partial charge in [0.1, 0.15) is 5.75 Å². The molecule has 2 aromatic carbocycles. The van der Waals surface area contributed by atoms with Crippen molar-refractivity contribution in [1.29, 1.82) is 0 Å². The van der Waals surface area contributed by atoms with Crippen molar-refractivity contribution in [1.82, 2.24) is 15.1 Å². The fourth-order valence-corrected chi connectivity index (χ4v) is 4.46. The Bertz CT molecular complexity index is 956. The molecule has 1 N–H and O–H groups in total. The number of rotatable bonds is 6. The van der Waals surface area contributed by atoms with Gasteiger partial charge in [0.15, 0.2) is 11.5 Å². The van der Waals surface area contributed by atoms with E-state index in [1.54, 1.807) is 0 Å². The molecule has 1 unspecified atom stereocenters. The van der Waals surface area contributed by atoms with Crippen LogP contribution in [0.25, 0.3) is 0 Å². The Morgan fingerprint density at radius 1 is 0.968 bits per heavy atom. The highest BCUT2D eigenvalue weighted by atomic mass is 16.7. The second-order valence-electron chi connectivity index (χ2n) is 8.43. The Morgan fingerprint density at radius 3 is 2.61 bits per heavy atom. The van der Waals surface area contributed by atoms with Crippen molar-refractivity contribution in [3.8, 4) is 17.2 Å². The van der Waals surface area contributed by atoms with Crippen LogP contribution in [0.4, 0.5) is 0 Å². The van der Waals surface area contributed by atoms with Gasteiger partial charge >= 0.3 is 0 Å². The summed E-state index contributed by atoms with van der Waals surface area (Å²) >= 11 is 0. The van der Waals surface area contributed by atoms with Crippen LogP contribution in [0.3, 0.4) is 0 Å². The van der Waals surface area contributed by atoms with Crippen LogP contribution in [-0.4, -0.2) is 61.3 Å². The summed E-state index contributed by atoms with van der Waals surface area (Å²) in [5, 5.41) is 3.06. The fraction of sp³-hybridized carbons (Fsp3) is 0.458. The van der Waals surface area contributed by atoms with Crippen molar-refractivity contribution >= 4 is 5.91 Å². The molecule has 3 aliphatic rings. The van der Waals surface area contributed by atoms with Crippen molar-refractivity contribution in [3.63, 3.8) is 0 Å². The topological polar surface area (TPSA) is 63.3 Å². The molecule has 2 aromatic rings. The van der Waals surface area contributed by atoms with Crippen molar-refractivity contribution in [3.05, 3.63) is 53.1 Å². The molecule has 164 valence electrons. The van der Waals surface area contributed by atoms with Crippen LogP contribution in [0, 0.1) is 0 Å². The number of amides is 1. The van der Waals surface area contributed by atoms with Gasteiger partial charge in [-0.1, -0.05) is 18.2 Å². The zero-order chi connectivity index (χ0) is 21.2. The number of carbonyl (C=O) groups is 1. The van der Waals surface area contributed by atoms with E-state index in [0.717, 1.165) is 68.6 Å². The van der Waals surface area contributed by atoms with Gasteiger partial charge in [-0.3, -0.25) is 14.6 Å². The maximum atomic E-state index is 12.7. The largest absolute Gasteiger partial charge is 0.493 e. The minimum atomic E-state index is -0.145. The van der Waals surface area contributed by atoms with E-state index in [9.17, 15) is 4.79 Å². The number of carbonyl (C=O) groups excluding carboxylic acids is 1. The molecule has 5 rings (SSSR count). The van der Waals surface area contributed by atoms with Crippen LogP contribution in [0.1, 0.15) is 23.6 Å². The van der Waals surface area contributed by atoms with Crippen molar-refractivity contribution < 1.29 is 19.0 Å². The van der Waals surface area contributed by atoms with Crippen molar-refractivity contribution in [2.75, 3.05) is 39.6 Å². The zero-order valence-electron chi connectivity index (χ0n) is 17.9. The molecule has 0 bridgehead atoms. The maximum Gasteiger partial charge on any atom is 0.237 e. The average molecular weight is 424 g/mol. The lowest BCUT2D eigenvalue weighted by molar-refractivity contribution is -0.126. The molecule has 0 radical (unpaired) electrons. The molecule has 0 saturated carbocycles. The summed E-state index contributed by atoms with van der Waals surface area (Å²) in [7, 11) is 0. The summed E-state index contributed by atoms with van der Waals surface area (Å²) in [4.78, 5) is 17.4. The monoisotopic (exact) mass is 423 g/mol. The quantitative estimate of drug-likeness (QED) is 0.769. The van der Waals surface area contributed by atoms with E-state index in [1.165, 1.54) is 11.1 Å². The van der Waals surface area contributed by atoms with Crippen LogP contribution in [-0.2, 0) is 24.3 Å². The highest BCUT2D eigenvalue weighted by Gasteiger charge is 2.26. The lowest BCUT2D eigenvalue weighted by Crippen LogP contribution is -2.53. The highest BCUT2D eigenvalue weighted by molar-refractivity contribution is 5.81. The lowest BCUT2D eigenvalue weighted by Gasteiger charge is -2.37. The molecular formula is C24H29N3O4. The summed E-state index contributed by atoms with van der Waals surface area (Å²) in [6.45, 7) is 8.21. The van der Waals surface area contributed by atoms with Gasteiger partial charge < -0.3 is 19.5 Å². The maximum absolute atomic E-state index is 12.7. The molecule has 3 heterocycles. The fourth-order valence-electron chi connectivity index (χ4n) is 4.46. The van der Waals surface area contributed by atoms with Gasteiger partial charge in [0.2, 0.25) is 12.7 Å². The van der Waals surface area contributed by atoms with E-state index in [1.807, 2.05) is 25.1 Å². The molecule has 7 heteroatoms. The first kappa shape index (κ1) is 20.2. The Morgan fingerprint density at radius 2 is 1.74 bits per heavy atom. The Balaban J connectivity index is 1.08. The summed E-state index contributed by atoms with van der Waals surface area (Å²) < 4.78 is 16.3. The first-order valence-corrected chi connectivity index (χ1v) is 11.0. The van der Waals surface area contributed by atoms with E-state index >= 15 is 0 Å². The molecule has 0 aromatic heterocycles. The summed E-state index contributed by atoms with van der Waals surface area (Å²) in [5.41, 5.74) is 3.67. The summed E-state index contributed by atoms with van der Waals surface area (Å²) in [6.07, 6.45) is 1.01. The average Bonchev–Trinajstić information content (AvgIpc) is 3.46. The third kappa shape index (κ3) is 4.48. The predicted octanol–water partition coefficient (Wildman–Crippen LogP) is 2.17. The first-order valence-electron chi connectivity index (χ1n) is 11.0. The summed E-state index contributed by atoms with van der Waals surface area (Å²) in [5.74, 6) is 2.60. The third-order valence-electron chi connectivity index (χ3n) is 6.40. The van der Waals surface area contributed by atoms with Crippen LogP contribution < -0.4 is 19.5 Å². The van der Waals surface area contributed by atoms with Crippen LogP contribution >= 0.6 is 0 Å². The Hall–Kier alpha value is -2.77. The molecule has 0 spiro atoms. The van der Waals surface area contributed by atoms with Gasteiger partial charge in [0.05, 0.1) is 12.6 Å². The van der Waals surface area contributed by atoms with Gasteiger partial charge in [0.25, 0.3) is 0 Å². The molecule has 3 aliphatic heterocycles. The molecule has 31 heavy (non-hydrogen) atoms. The smallest absolute Gasteiger partial charge is 0.237 e. The molecule has 1 atom stereocenters. The lowest BCUT2D eigenvalue weighted by atomic mass is 10.1. The van der Waals surface area contributed by atoms with Crippen LogP contribution in [0.5, 0.6) is 17.2 Å². The summed E-state index contributed by atoms with van der Waals surface area (Å²) in [6, 6.07) is 12.2. The number of piperazine rings is 1. The zero-order valence-corrected chi connectivity index (χ0v) is 17.9.